The molecule has 0 radical (unpaired) electrons. The molecule has 0 aliphatic carbocycles. The van der Waals surface area contributed by atoms with Crippen molar-refractivity contribution in [3.8, 4) is 5.75 Å². The molecule has 0 unspecified atom stereocenters. The highest BCUT2D eigenvalue weighted by molar-refractivity contribution is 5.84. The molecule has 2 aromatic heterocycles. The molecule has 0 saturated heterocycles. The third-order valence-corrected chi connectivity index (χ3v) is 4.05. The van der Waals surface area contributed by atoms with Gasteiger partial charge in [-0.15, -0.1) is 0 Å². The number of hydrogen-bond acceptors (Lipinski definition) is 3. The van der Waals surface area contributed by atoms with Crippen molar-refractivity contribution >= 4 is 10.9 Å². The van der Waals surface area contributed by atoms with Crippen LogP contribution in [0.25, 0.3) is 10.9 Å². The molecule has 3 rings (SSSR count). The first-order chi connectivity index (χ1) is 10.6. The van der Waals surface area contributed by atoms with Crippen LogP contribution in [0.15, 0.2) is 30.5 Å². The molecule has 4 heteroatoms. The Labute approximate surface area is 130 Å². The Bertz CT molecular complexity index is 803. The number of aryl methyl sites for hydroxylation is 3. The van der Waals surface area contributed by atoms with E-state index in [0.717, 1.165) is 41.0 Å². The maximum atomic E-state index is 5.22. The van der Waals surface area contributed by atoms with Gasteiger partial charge in [0, 0.05) is 37.2 Å². The lowest BCUT2D eigenvalue weighted by molar-refractivity contribution is 0.414. The van der Waals surface area contributed by atoms with Crippen LogP contribution in [-0.4, -0.2) is 21.6 Å². The van der Waals surface area contributed by atoms with Gasteiger partial charge < -0.3 is 9.30 Å². The van der Waals surface area contributed by atoms with E-state index >= 15 is 0 Å². The van der Waals surface area contributed by atoms with E-state index in [0.29, 0.717) is 0 Å². The average Bonchev–Trinajstić information content (AvgIpc) is 2.85. The van der Waals surface area contributed by atoms with Gasteiger partial charge in [0.2, 0.25) is 0 Å². The molecule has 0 aliphatic rings. The summed E-state index contributed by atoms with van der Waals surface area (Å²) in [4.78, 5) is 9.31. The lowest BCUT2D eigenvalue weighted by atomic mass is 10.1. The molecular formula is C18H21N3O. The summed E-state index contributed by atoms with van der Waals surface area (Å²) >= 11 is 0. The third kappa shape index (κ3) is 2.56. The fourth-order valence-electron chi connectivity index (χ4n) is 2.76. The van der Waals surface area contributed by atoms with E-state index in [1.54, 1.807) is 7.11 Å². The van der Waals surface area contributed by atoms with Crippen LogP contribution in [0, 0.1) is 6.92 Å². The molecule has 2 heterocycles. The average molecular weight is 295 g/mol. The third-order valence-electron chi connectivity index (χ3n) is 4.05. The van der Waals surface area contributed by atoms with Crippen molar-refractivity contribution < 1.29 is 4.74 Å². The first-order valence-electron chi connectivity index (χ1n) is 7.56. The molecular weight excluding hydrogens is 274 g/mol. The van der Waals surface area contributed by atoms with Gasteiger partial charge in [0.05, 0.1) is 18.3 Å². The summed E-state index contributed by atoms with van der Waals surface area (Å²) in [5, 5.41) is 1.14. The molecule has 0 atom stereocenters. The van der Waals surface area contributed by atoms with E-state index in [4.69, 9.17) is 9.72 Å². The summed E-state index contributed by atoms with van der Waals surface area (Å²) in [5.74, 6) is 1.79. The summed E-state index contributed by atoms with van der Waals surface area (Å²) in [6.07, 6.45) is 3.83. The summed E-state index contributed by atoms with van der Waals surface area (Å²) in [7, 11) is 3.76. The molecule has 3 aromatic rings. The van der Waals surface area contributed by atoms with Gasteiger partial charge in [-0.05, 0) is 24.6 Å². The van der Waals surface area contributed by atoms with Crippen molar-refractivity contribution in [2.45, 2.75) is 26.7 Å². The molecule has 22 heavy (non-hydrogen) atoms. The largest absolute Gasteiger partial charge is 0.497 e. The summed E-state index contributed by atoms with van der Waals surface area (Å²) in [6.45, 7) is 4.15. The van der Waals surface area contributed by atoms with Crippen molar-refractivity contribution in [1.29, 1.82) is 0 Å². The molecule has 0 N–H and O–H groups in total. The molecule has 4 nitrogen and oxygen atoms in total. The van der Waals surface area contributed by atoms with E-state index < -0.39 is 0 Å². The number of hydrogen-bond donors (Lipinski definition) is 0. The number of fused-ring (bicyclic) bond motifs is 1. The highest BCUT2D eigenvalue weighted by Crippen LogP contribution is 2.24. The Kier molecular flexibility index (Phi) is 3.84. The van der Waals surface area contributed by atoms with Gasteiger partial charge in [-0.1, -0.05) is 19.1 Å². The highest BCUT2D eigenvalue weighted by atomic mass is 16.5. The summed E-state index contributed by atoms with van der Waals surface area (Å²) < 4.78 is 7.38. The van der Waals surface area contributed by atoms with Crippen molar-refractivity contribution in [2.75, 3.05) is 7.11 Å². The second-order valence-corrected chi connectivity index (χ2v) is 5.55. The van der Waals surface area contributed by atoms with E-state index in [1.165, 1.54) is 11.3 Å². The van der Waals surface area contributed by atoms with Gasteiger partial charge in [0.15, 0.2) is 0 Å². The second kappa shape index (κ2) is 5.79. The van der Waals surface area contributed by atoms with E-state index in [2.05, 4.69) is 48.8 Å². The zero-order valence-corrected chi connectivity index (χ0v) is 13.6. The maximum Gasteiger partial charge on any atom is 0.129 e. The zero-order chi connectivity index (χ0) is 15.7. The normalized spacial score (nSPS) is 11.1. The SMILES string of the molecule is CCc1nc(C)c2cn(C)c(Cc3ccc(OC)cc3)c2n1. The number of rotatable bonds is 4. The second-order valence-electron chi connectivity index (χ2n) is 5.55. The van der Waals surface area contributed by atoms with Crippen LogP contribution >= 0.6 is 0 Å². The minimum atomic E-state index is 0.851. The molecule has 0 bridgehead atoms. The van der Waals surface area contributed by atoms with Gasteiger partial charge >= 0.3 is 0 Å². The molecule has 0 spiro atoms. The molecule has 114 valence electrons. The first kappa shape index (κ1) is 14.6. The van der Waals surface area contributed by atoms with Crippen molar-refractivity contribution in [2.24, 2.45) is 7.05 Å². The van der Waals surface area contributed by atoms with Gasteiger partial charge in [-0.25, -0.2) is 9.97 Å². The Morgan fingerprint density at radius 2 is 1.86 bits per heavy atom. The van der Waals surface area contributed by atoms with Gasteiger partial charge in [-0.3, -0.25) is 0 Å². The Morgan fingerprint density at radius 1 is 1.14 bits per heavy atom. The molecule has 0 aliphatic heterocycles. The van der Waals surface area contributed by atoms with Gasteiger partial charge in [-0.2, -0.15) is 0 Å². The smallest absolute Gasteiger partial charge is 0.129 e. The quantitative estimate of drug-likeness (QED) is 0.740. The first-order valence-corrected chi connectivity index (χ1v) is 7.56. The maximum absolute atomic E-state index is 5.22. The fraction of sp³-hybridized carbons (Fsp3) is 0.333. The number of ether oxygens (including phenoxy) is 1. The Balaban J connectivity index is 2.05. The topological polar surface area (TPSA) is 39.9 Å². The van der Waals surface area contributed by atoms with Crippen LogP contribution < -0.4 is 4.74 Å². The van der Waals surface area contributed by atoms with Crippen molar-refractivity contribution in [3.63, 3.8) is 0 Å². The van der Waals surface area contributed by atoms with Crippen molar-refractivity contribution in [3.05, 3.63) is 53.2 Å². The van der Waals surface area contributed by atoms with Crippen molar-refractivity contribution in [1.82, 2.24) is 14.5 Å². The minimum absolute atomic E-state index is 0.851. The number of aromatic nitrogens is 3. The van der Waals surface area contributed by atoms with Crippen LogP contribution in [0.2, 0.25) is 0 Å². The van der Waals surface area contributed by atoms with Crippen LogP contribution in [-0.2, 0) is 19.9 Å². The zero-order valence-electron chi connectivity index (χ0n) is 13.6. The highest BCUT2D eigenvalue weighted by Gasteiger charge is 2.13. The molecule has 0 saturated carbocycles. The Hall–Kier alpha value is -2.36. The van der Waals surface area contributed by atoms with Crippen LogP contribution in [0.4, 0.5) is 0 Å². The predicted octanol–water partition coefficient (Wildman–Crippen LogP) is 3.44. The van der Waals surface area contributed by atoms with E-state index in [9.17, 15) is 0 Å². The predicted molar refractivity (Wildman–Crippen MR) is 88.4 cm³/mol. The van der Waals surface area contributed by atoms with E-state index in [-0.39, 0.29) is 0 Å². The van der Waals surface area contributed by atoms with E-state index in [1.807, 2.05) is 12.1 Å². The number of benzene rings is 1. The van der Waals surface area contributed by atoms with Crippen LogP contribution in [0.5, 0.6) is 5.75 Å². The fourth-order valence-corrected chi connectivity index (χ4v) is 2.76. The van der Waals surface area contributed by atoms with Crippen LogP contribution in [0.3, 0.4) is 0 Å². The lowest BCUT2D eigenvalue weighted by Gasteiger charge is -2.06. The number of nitrogens with zero attached hydrogens (tertiary/aromatic N) is 3. The lowest BCUT2D eigenvalue weighted by Crippen LogP contribution is -2.00. The van der Waals surface area contributed by atoms with Gasteiger partial charge in [0.25, 0.3) is 0 Å². The minimum Gasteiger partial charge on any atom is -0.497 e. The Morgan fingerprint density at radius 3 is 2.50 bits per heavy atom. The molecule has 1 aromatic carbocycles. The molecule has 0 amide bonds. The summed E-state index contributed by atoms with van der Waals surface area (Å²) in [6, 6.07) is 8.20. The summed E-state index contributed by atoms with van der Waals surface area (Å²) in [5.41, 5.74) is 4.60. The van der Waals surface area contributed by atoms with Crippen LogP contribution in [0.1, 0.15) is 29.7 Å². The molecule has 0 fully saturated rings. The number of methoxy groups -OCH3 is 1. The van der Waals surface area contributed by atoms with Gasteiger partial charge in [0.1, 0.15) is 11.6 Å². The monoisotopic (exact) mass is 295 g/mol. The standard InChI is InChI=1S/C18H21N3O/c1-5-17-19-12(2)15-11-21(3)16(18(15)20-17)10-13-6-8-14(22-4)9-7-13/h6-9,11H,5,10H2,1-4H3.